The maximum absolute atomic E-state index is 12.2. The number of nitrogens with zero attached hydrogens (tertiary/aromatic N) is 2. The van der Waals surface area contributed by atoms with Crippen molar-refractivity contribution in [2.75, 3.05) is 31.1 Å². The van der Waals surface area contributed by atoms with Crippen LogP contribution in [0.5, 0.6) is 0 Å². The molecule has 0 unspecified atom stereocenters. The van der Waals surface area contributed by atoms with Crippen molar-refractivity contribution in [2.24, 2.45) is 0 Å². The first kappa shape index (κ1) is 17.2. The van der Waals surface area contributed by atoms with Gasteiger partial charge in [0, 0.05) is 38.1 Å². The van der Waals surface area contributed by atoms with E-state index in [1.54, 1.807) is 6.20 Å². The highest BCUT2D eigenvalue weighted by Gasteiger charge is 2.15. The van der Waals surface area contributed by atoms with Gasteiger partial charge in [-0.25, -0.2) is 0 Å². The third kappa shape index (κ3) is 4.94. The average molecular weight is 331 g/mol. The van der Waals surface area contributed by atoms with Crippen molar-refractivity contribution in [1.29, 1.82) is 0 Å². The number of aromatic nitrogens is 1. The molecule has 5 nitrogen and oxygen atoms in total. The molecule has 5 heteroatoms. The van der Waals surface area contributed by atoms with E-state index in [0.29, 0.717) is 18.3 Å². The van der Waals surface area contributed by atoms with Crippen LogP contribution in [0.2, 0.25) is 0 Å². The molecule has 1 saturated heterocycles. The molecule has 1 amide bonds. The van der Waals surface area contributed by atoms with Gasteiger partial charge in [0.2, 0.25) is 0 Å². The Labute approximate surface area is 144 Å². The van der Waals surface area contributed by atoms with Crippen LogP contribution < -0.4 is 10.2 Å². The Morgan fingerprint density at radius 3 is 2.79 bits per heavy atom. The summed E-state index contributed by atoms with van der Waals surface area (Å²) in [6.07, 6.45) is 11.8. The van der Waals surface area contributed by atoms with Gasteiger partial charge in [0.25, 0.3) is 5.91 Å². The SMILES string of the molecule is O=C(NCCCOC1CCCCC1)c1cc(N2CCCC2)ccn1. The molecule has 3 rings (SSSR count). The van der Waals surface area contributed by atoms with Gasteiger partial charge in [-0.1, -0.05) is 19.3 Å². The summed E-state index contributed by atoms with van der Waals surface area (Å²) >= 11 is 0. The molecule has 0 bridgehead atoms. The van der Waals surface area contributed by atoms with E-state index < -0.39 is 0 Å². The Morgan fingerprint density at radius 2 is 2.00 bits per heavy atom. The molecule has 0 aromatic carbocycles. The van der Waals surface area contributed by atoms with E-state index in [4.69, 9.17) is 4.74 Å². The van der Waals surface area contributed by atoms with E-state index in [9.17, 15) is 4.79 Å². The fourth-order valence-electron chi connectivity index (χ4n) is 3.56. The van der Waals surface area contributed by atoms with Crippen molar-refractivity contribution in [1.82, 2.24) is 10.3 Å². The smallest absolute Gasteiger partial charge is 0.269 e. The van der Waals surface area contributed by atoms with Crippen LogP contribution in [-0.4, -0.2) is 43.2 Å². The summed E-state index contributed by atoms with van der Waals surface area (Å²) in [7, 11) is 0. The van der Waals surface area contributed by atoms with Gasteiger partial charge in [0.1, 0.15) is 5.69 Å². The van der Waals surface area contributed by atoms with Gasteiger partial charge in [-0.2, -0.15) is 0 Å². The van der Waals surface area contributed by atoms with Gasteiger partial charge in [0.15, 0.2) is 0 Å². The minimum atomic E-state index is -0.0892. The normalized spacial score (nSPS) is 18.8. The monoisotopic (exact) mass is 331 g/mol. The first-order valence-electron chi connectivity index (χ1n) is 9.44. The van der Waals surface area contributed by atoms with Crippen molar-refractivity contribution in [3.8, 4) is 0 Å². The van der Waals surface area contributed by atoms with E-state index in [1.165, 1.54) is 44.9 Å². The predicted molar refractivity (Wildman–Crippen MR) is 95.5 cm³/mol. The molecule has 0 radical (unpaired) electrons. The Hall–Kier alpha value is -1.62. The zero-order valence-corrected chi connectivity index (χ0v) is 14.5. The standard InChI is InChI=1S/C19H29N3O2/c23-19(21-10-6-14-24-17-7-2-1-3-8-17)18-15-16(9-11-20-18)22-12-4-5-13-22/h9,11,15,17H,1-8,10,12-14H2,(H,21,23). The van der Waals surface area contributed by atoms with Crippen molar-refractivity contribution in [3.63, 3.8) is 0 Å². The zero-order valence-electron chi connectivity index (χ0n) is 14.5. The maximum Gasteiger partial charge on any atom is 0.269 e. The first-order chi connectivity index (χ1) is 11.8. The summed E-state index contributed by atoms with van der Waals surface area (Å²) in [4.78, 5) is 18.8. The fourth-order valence-corrected chi connectivity index (χ4v) is 3.56. The zero-order chi connectivity index (χ0) is 16.6. The summed E-state index contributed by atoms with van der Waals surface area (Å²) in [5.41, 5.74) is 1.61. The number of hydrogen-bond donors (Lipinski definition) is 1. The summed E-state index contributed by atoms with van der Waals surface area (Å²) in [6, 6.07) is 3.89. The molecule has 2 heterocycles. The van der Waals surface area contributed by atoms with Crippen LogP contribution in [0.25, 0.3) is 0 Å². The van der Waals surface area contributed by atoms with Gasteiger partial charge in [-0.15, -0.1) is 0 Å². The predicted octanol–water partition coefficient (Wildman–Crippen LogP) is 3.15. The second-order valence-electron chi connectivity index (χ2n) is 6.83. The molecule has 1 aromatic heterocycles. The Morgan fingerprint density at radius 1 is 1.21 bits per heavy atom. The summed E-state index contributed by atoms with van der Waals surface area (Å²) in [5, 5.41) is 2.95. The minimum absolute atomic E-state index is 0.0892. The van der Waals surface area contributed by atoms with Gasteiger partial charge in [-0.3, -0.25) is 9.78 Å². The third-order valence-electron chi connectivity index (χ3n) is 4.96. The maximum atomic E-state index is 12.2. The lowest BCUT2D eigenvalue weighted by Crippen LogP contribution is -2.27. The van der Waals surface area contributed by atoms with Gasteiger partial charge < -0.3 is 15.0 Å². The molecule has 0 spiro atoms. The lowest BCUT2D eigenvalue weighted by atomic mass is 9.98. The molecular weight excluding hydrogens is 302 g/mol. The Bertz CT molecular complexity index is 523. The lowest BCUT2D eigenvalue weighted by Gasteiger charge is -2.21. The number of carbonyl (C=O) groups is 1. The summed E-state index contributed by atoms with van der Waals surface area (Å²) < 4.78 is 5.88. The molecule has 1 aliphatic heterocycles. The van der Waals surface area contributed by atoms with Gasteiger partial charge >= 0.3 is 0 Å². The molecule has 2 fully saturated rings. The van der Waals surface area contributed by atoms with Crippen LogP contribution in [0.3, 0.4) is 0 Å². The quantitative estimate of drug-likeness (QED) is 0.780. The van der Waals surface area contributed by atoms with Crippen molar-refractivity contribution in [2.45, 2.75) is 57.5 Å². The lowest BCUT2D eigenvalue weighted by molar-refractivity contribution is 0.0273. The van der Waals surface area contributed by atoms with Crippen LogP contribution in [0, 0.1) is 0 Å². The second-order valence-corrected chi connectivity index (χ2v) is 6.83. The summed E-state index contributed by atoms with van der Waals surface area (Å²) in [6.45, 7) is 3.51. The number of nitrogens with one attached hydrogen (secondary N) is 1. The van der Waals surface area contributed by atoms with Crippen LogP contribution in [0.15, 0.2) is 18.3 Å². The van der Waals surface area contributed by atoms with Crippen LogP contribution in [-0.2, 0) is 4.74 Å². The molecule has 1 saturated carbocycles. The average Bonchev–Trinajstić information content (AvgIpc) is 3.17. The van der Waals surface area contributed by atoms with E-state index in [0.717, 1.165) is 31.8 Å². The van der Waals surface area contributed by atoms with Crippen molar-refractivity contribution in [3.05, 3.63) is 24.0 Å². The molecule has 1 N–H and O–H groups in total. The van der Waals surface area contributed by atoms with E-state index >= 15 is 0 Å². The number of ether oxygens (including phenoxy) is 1. The van der Waals surface area contributed by atoms with Crippen LogP contribution >= 0.6 is 0 Å². The topological polar surface area (TPSA) is 54.5 Å². The Kier molecular flexibility index (Phi) is 6.47. The number of hydrogen-bond acceptors (Lipinski definition) is 4. The number of anilines is 1. The number of amides is 1. The van der Waals surface area contributed by atoms with Gasteiger partial charge in [-0.05, 0) is 44.2 Å². The van der Waals surface area contributed by atoms with Crippen LogP contribution in [0.4, 0.5) is 5.69 Å². The molecule has 132 valence electrons. The minimum Gasteiger partial charge on any atom is -0.378 e. The third-order valence-corrected chi connectivity index (χ3v) is 4.96. The van der Waals surface area contributed by atoms with Gasteiger partial charge in [0.05, 0.1) is 6.10 Å². The molecule has 24 heavy (non-hydrogen) atoms. The van der Waals surface area contributed by atoms with E-state index in [-0.39, 0.29) is 5.91 Å². The number of carbonyl (C=O) groups excluding carboxylic acids is 1. The van der Waals surface area contributed by atoms with E-state index in [2.05, 4.69) is 15.2 Å². The molecule has 2 aliphatic rings. The fraction of sp³-hybridized carbons (Fsp3) is 0.684. The molecule has 1 aliphatic carbocycles. The molecule has 0 atom stereocenters. The highest BCUT2D eigenvalue weighted by molar-refractivity contribution is 5.93. The number of pyridine rings is 1. The Balaban J connectivity index is 1.37. The second kappa shape index (κ2) is 9.02. The largest absolute Gasteiger partial charge is 0.378 e. The highest BCUT2D eigenvalue weighted by Crippen LogP contribution is 2.21. The molecular formula is C19H29N3O2. The summed E-state index contributed by atoms with van der Waals surface area (Å²) in [5.74, 6) is -0.0892. The van der Waals surface area contributed by atoms with Crippen molar-refractivity contribution >= 4 is 11.6 Å². The molecule has 1 aromatic rings. The van der Waals surface area contributed by atoms with Crippen LogP contribution in [0.1, 0.15) is 61.9 Å². The van der Waals surface area contributed by atoms with Crippen molar-refractivity contribution < 1.29 is 9.53 Å². The number of rotatable bonds is 7. The first-order valence-corrected chi connectivity index (χ1v) is 9.44. The van der Waals surface area contributed by atoms with E-state index in [1.807, 2.05) is 12.1 Å². The highest BCUT2D eigenvalue weighted by atomic mass is 16.5.